The van der Waals surface area contributed by atoms with Gasteiger partial charge in [0.25, 0.3) is 0 Å². The topological polar surface area (TPSA) is 94.6 Å². The average molecular weight is 427 g/mol. The van der Waals surface area contributed by atoms with Crippen LogP contribution < -0.4 is 10.5 Å². The number of nitrogens with two attached hydrogens (primary N) is 1. The molecule has 0 unspecified atom stereocenters. The van der Waals surface area contributed by atoms with Crippen LogP contribution in [0.2, 0.25) is 5.02 Å². The second kappa shape index (κ2) is 7.27. The van der Waals surface area contributed by atoms with Gasteiger partial charge in [0.1, 0.15) is 10.6 Å². The van der Waals surface area contributed by atoms with E-state index in [-0.39, 0.29) is 4.88 Å². The lowest BCUT2D eigenvalue weighted by molar-refractivity contribution is 0.0702. The van der Waals surface area contributed by atoms with Crippen LogP contribution in [-0.2, 0) is 0 Å². The summed E-state index contributed by atoms with van der Waals surface area (Å²) in [7, 11) is 1.56. The number of ether oxygens (including phenoxy) is 1. The molecule has 0 aliphatic rings. The first-order chi connectivity index (χ1) is 13.9. The van der Waals surface area contributed by atoms with Crippen LogP contribution in [0.15, 0.2) is 54.6 Å². The molecule has 4 rings (SSSR count). The Morgan fingerprint density at radius 3 is 2.45 bits per heavy atom. The van der Waals surface area contributed by atoms with Crippen molar-refractivity contribution in [2.75, 3.05) is 7.11 Å². The van der Waals surface area contributed by atoms with Gasteiger partial charge in [-0.2, -0.15) is 0 Å². The molecule has 0 fully saturated rings. The number of rotatable bonds is 5. The number of nitrogens with zero attached hydrogens (tertiary/aromatic N) is 1. The second-order valence-electron chi connectivity index (χ2n) is 6.29. The predicted octanol–water partition coefficient (Wildman–Crippen LogP) is 4.82. The number of hydrogen-bond donors (Lipinski definition) is 2. The van der Waals surface area contributed by atoms with E-state index >= 15 is 0 Å². The minimum absolute atomic E-state index is 0.243. The molecule has 0 saturated heterocycles. The number of benzene rings is 2. The average Bonchev–Trinajstić information content (AvgIpc) is 3.26. The van der Waals surface area contributed by atoms with Crippen LogP contribution in [0.3, 0.4) is 0 Å². The fraction of sp³-hybridized carbons (Fsp3) is 0.0476. The van der Waals surface area contributed by atoms with Crippen molar-refractivity contribution in [3.8, 4) is 22.7 Å². The Morgan fingerprint density at radius 1 is 1.10 bits per heavy atom. The second-order valence-corrected chi connectivity index (χ2v) is 7.81. The molecule has 0 aliphatic carbocycles. The third-order valence-electron chi connectivity index (χ3n) is 4.55. The molecule has 8 heteroatoms. The zero-order valence-electron chi connectivity index (χ0n) is 15.2. The maximum atomic E-state index is 11.4. The zero-order chi connectivity index (χ0) is 20.7. The van der Waals surface area contributed by atoms with E-state index in [0.717, 1.165) is 27.2 Å². The standard InChI is InChI=1S/C21H15ClN2O4S/c1-28-17-8-12(22)4-7-14(17)15-9-18-16(10-19(29-18)21(26)27)24(15)13-5-2-11(3-6-13)20(23)25/h2-10H,1H3,(H2,23,25)(H,26,27). The van der Waals surface area contributed by atoms with Crippen molar-refractivity contribution < 1.29 is 19.4 Å². The van der Waals surface area contributed by atoms with Crippen LogP contribution in [-0.4, -0.2) is 28.7 Å². The summed E-state index contributed by atoms with van der Waals surface area (Å²) in [5, 5.41) is 9.92. The van der Waals surface area contributed by atoms with E-state index in [2.05, 4.69) is 0 Å². The molecular weight excluding hydrogens is 412 g/mol. The first-order valence-corrected chi connectivity index (χ1v) is 9.71. The van der Waals surface area contributed by atoms with Crippen molar-refractivity contribution in [3.05, 3.63) is 70.1 Å². The zero-order valence-corrected chi connectivity index (χ0v) is 16.8. The molecule has 146 valence electrons. The number of carboxylic acids is 1. The molecule has 0 spiro atoms. The molecule has 0 aliphatic heterocycles. The fourth-order valence-electron chi connectivity index (χ4n) is 3.23. The lowest BCUT2D eigenvalue weighted by Gasteiger charge is -2.14. The monoisotopic (exact) mass is 426 g/mol. The third-order valence-corrected chi connectivity index (χ3v) is 5.84. The Bertz CT molecular complexity index is 1260. The highest BCUT2D eigenvalue weighted by atomic mass is 35.5. The smallest absolute Gasteiger partial charge is 0.345 e. The summed E-state index contributed by atoms with van der Waals surface area (Å²) in [6, 6.07) is 15.7. The van der Waals surface area contributed by atoms with Crippen LogP contribution in [0.1, 0.15) is 20.0 Å². The van der Waals surface area contributed by atoms with Gasteiger partial charge in [0, 0.05) is 21.8 Å². The molecule has 0 bridgehead atoms. The van der Waals surface area contributed by atoms with Gasteiger partial charge in [-0.3, -0.25) is 4.79 Å². The van der Waals surface area contributed by atoms with Gasteiger partial charge in [0.15, 0.2) is 0 Å². The normalized spacial score (nSPS) is 11.0. The quantitative estimate of drug-likeness (QED) is 0.478. The lowest BCUT2D eigenvalue weighted by atomic mass is 10.1. The number of aromatic nitrogens is 1. The summed E-state index contributed by atoms with van der Waals surface area (Å²) in [5.41, 5.74) is 8.84. The van der Waals surface area contributed by atoms with Crippen LogP contribution in [0.25, 0.3) is 27.2 Å². The maximum absolute atomic E-state index is 11.4. The number of halogens is 1. The first kappa shape index (κ1) is 19.0. The molecular formula is C21H15ClN2O4S. The van der Waals surface area contributed by atoms with Gasteiger partial charge in [-0.25, -0.2) is 4.79 Å². The first-order valence-electron chi connectivity index (χ1n) is 8.52. The van der Waals surface area contributed by atoms with Gasteiger partial charge in [-0.1, -0.05) is 11.6 Å². The number of carboxylic acid groups (broad SMARTS) is 1. The molecule has 1 amide bonds. The fourth-order valence-corrected chi connectivity index (χ4v) is 4.31. The predicted molar refractivity (Wildman–Crippen MR) is 114 cm³/mol. The maximum Gasteiger partial charge on any atom is 0.345 e. The van der Waals surface area contributed by atoms with Crippen molar-refractivity contribution in [2.24, 2.45) is 5.73 Å². The third kappa shape index (κ3) is 3.35. The highest BCUT2D eigenvalue weighted by molar-refractivity contribution is 7.20. The number of methoxy groups -OCH3 is 1. The van der Waals surface area contributed by atoms with E-state index < -0.39 is 11.9 Å². The minimum atomic E-state index is -0.979. The van der Waals surface area contributed by atoms with Crippen molar-refractivity contribution in [2.45, 2.75) is 0 Å². The van der Waals surface area contributed by atoms with Crippen molar-refractivity contribution in [1.29, 1.82) is 0 Å². The number of amides is 1. The van der Waals surface area contributed by atoms with Crippen LogP contribution in [0, 0.1) is 0 Å². The summed E-state index contributed by atoms with van der Waals surface area (Å²) in [6.45, 7) is 0. The Hall–Kier alpha value is -3.29. The van der Waals surface area contributed by atoms with Gasteiger partial charge in [0.05, 0.1) is 23.0 Å². The number of thiophene rings is 1. The van der Waals surface area contributed by atoms with E-state index in [1.807, 2.05) is 16.7 Å². The molecule has 2 aromatic carbocycles. The van der Waals surface area contributed by atoms with E-state index in [0.29, 0.717) is 16.3 Å². The Labute approximate surface area is 174 Å². The van der Waals surface area contributed by atoms with Crippen LogP contribution in [0.5, 0.6) is 5.75 Å². The van der Waals surface area contributed by atoms with E-state index in [1.54, 1.807) is 49.6 Å². The number of hydrogen-bond acceptors (Lipinski definition) is 4. The number of carbonyl (C=O) groups excluding carboxylic acids is 1. The van der Waals surface area contributed by atoms with E-state index in [1.165, 1.54) is 11.3 Å². The molecule has 3 N–H and O–H groups in total. The summed E-state index contributed by atoms with van der Waals surface area (Å²) >= 11 is 7.30. The minimum Gasteiger partial charge on any atom is -0.496 e. The lowest BCUT2D eigenvalue weighted by Crippen LogP contribution is -2.10. The van der Waals surface area contributed by atoms with Crippen molar-refractivity contribution in [3.63, 3.8) is 0 Å². The molecule has 6 nitrogen and oxygen atoms in total. The largest absolute Gasteiger partial charge is 0.496 e. The molecule has 0 radical (unpaired) electrons. The van der Waals surface area contributed by atoms with E-state index in [4.69, 9.17) is 22.1 Å². The van der Waals surface area contributed by atoms with Crippen molar-refractivity contribution in [1.82, 2.24) is 4.57 Å². The summed E-state index contributed by atoms with van der Waals surface area (Å²) in [5.74, 6) is -0.902. The summed E-state index contributed by atoms with van der Waals surface area (Å²) in [6.07, 6.45) is 0. The Morgan fingerprint density at radius 2 is 1.83 bits per heavy atom. The van der Waals surface area contributed by atoms with Gasteiger partial charge >= 0.3 is 5.97 Å². The number of primary amides is 1. The highest BCUT2D eigenvalue weighted by Crippen LogP contribution is 2.40. The van der Waals surface area contributed by atoms with Gasteiger partial charge in [-0.15, -0.1) is 11.3 Å². The molecule has 29 heavy (non-hydrogen) atoms. The van der Waals surface area contributed by atoms with Gasteiger partial charge in [-0.05, 0) is 54.6 Å². The van der Waals surface area contributed by atoms with Crippen LogP contribution in [0.4, 0.5) is 0 Å². The molecule has 2 aromatic heterocycles. The van der Waals surface area contributed by atoms with Gasteiger partial charge < -0.3 is 20.1 Å². The summed E-state index contributed by atoms with van der Waals surface area (Å²) in [4.78, 5) is 23.1. The van der Waals surface area contributed by atoms with Gasteiger partial charge in [0.2, 0.25) is 5.91 Å². The van der Waals surface area contributed by atoms with Crippen LogP contribution >= 0.6 is 22.9 Å². The Balaban J connectivity index is 2.00. The summed E-state index contributed by atoms with van der Waals surface area (Å²) < 4.78 is 8.25. The SMILES string of the molecule is COc1cc(Cl)ccc1-c1cc2sc(C(=O)O)cc2n1-c1ccc(C(N)=O)cc1. The molecule has 0 atom stereocenters. The molecule has 2 heterocycles. The molecule has 0 saturated carbocycles. The highest BCUT2D eigenvalue weighted by Gasteiger charge is 2.20. The van der Waals surface area contributed by atoms with Crippen molar-refractivity contribution >= 4 is 45.0 Å². The molecule has 4 aromatic rings. The number of carbonyl (C=O) groups is 2. The Kier molecular flexibility index (Phi) is 4.77. The number of fused-ring (bicyclic) bond motifs is 1. The van der Waals surface area contributed by atoms with E-state index in [9.17, 15) is 14.7 Å². The number of aromatic carboxylic acids is 1.